The molecule has 0 N–H and O–H groups in total. The van der Waals surface area contributed by atoms with Gasteiger partial charge in [0.2, 0.25) is 0 Å². The van der Waals surface area contributed by atoms with Crippen LogP contribution in [0.5, 0.6) is 0 Å². The van der Waals surface area contributed by atoms with Gasteiger partial charge in [0.05, 0.1) is 31.6 Å². The molecule has 0 bridgehead atoms. The first-order valence-electron chi connectivity index (χ1n) is 10.3. The molecule has 1 fully saturated rings. The van der Waals surface area contributed by atoms with Crippen LogP contribution in [-0.2, 0) is 16.5 Å². The fourth-order valence-electron chi connectivity index (χ4n) is 3.73. The van der Waals surface area contributed by atoms with Crippen molar-refractivity contribution in [3.8, 4) is 0 Å². The van der Waals surface area contributed by atoms with E-state index in [1.807, 2.05) is 24.8 Å². The molecule has 1 saturated heterocycles. The molecule has 0 radical (unpaired) electrons. The molecule has 1 aliphatic heterocycles. The first-order chi connectivity index (χ1) is 13.3. The Hall–Kier alpha value is -0.210. The summed E-state index contributed by atoms with van der Waals surface area (Å²) in [6, 6.07) is 4.96. The zero-order valence-electron chi connectivity index (χ0n) is 17.3. The third-order valence-corrected chi connectivity index (χ3v) is 8.56. The van der Waals surface area contributed by atoms with Gasteiger partial charge in [0.1, 0.15) is 10.1 Å². The Morgan fingerprint density at radius 3 is 2.29 bits per heavy atom. The van der Waals surface area contributed by atoms with Gasteiger partial charge in [0, 0.05) is 5.75 Å². The van der Waals surface area contributed by atoms with E-state index in [-0.39, 0.29) is 4.90 Å². The first-order valence-corrected chi connectivity index (χ1v) is 14.1. The molecular formula is C21H35NO3S3. The Morgan fingerprint density at radius 2 is 1.64 bits per heavy atom. The molecule has 1 aliphatic rings. The topological polar surface area (TPSA) is 57.2 Å². The van der Waals surface area contributed by atoms with E-state index in [1.54, 1.807) is 6.07 Å². The maximum atomic E-state index is 11.4. The minimum absolute atomic E-state index is 0.0554. The number of aryl methyl sites for hydroxylation is 2. The Bertz CT molecular complexity index is 701. The van der Waals surface area contributed by atoms with E-state index in [0.717, 1.165) is 17.1 Å². The zero-order valence-corrected chi connectivity index (χ0v) is 19.8. The van der Waals surface area contributed by atoms with Crippen molar-refractivity contribution in [2.75, 3.05) is 49.7 Å². The van der Waals surface area contributed by atoms with E-state index in [4.69, 9.17) is 0 Å². The number of unbranched alkanes of at least 4 members (excludes halogenated alkanes) is 1. The third-order valence-electron chi connectivity index (χ3n) is 5.50. The summed E-state index contributed by atoms with van der Waals surface area (Å²) < 4.78 is 35.4. The van der Waals surface area contributed by atoms with Gasteiger partial charge in [-0.3, -0.25) is 0 Å². The summed E-state index contributed by atoms with van der Waals surface area (Å²) in [4.78, 5) is -0.0554. The summed E-state index contributed by atoms with van der Waals surface area (Å²) in [5.74, 6) is 4.45. The molecule has 1 aromatic carbocycles. The number of hydrogen-bond donors (Lipinski definition) is 0. The van der Waals surface area contributed by atoms with Crippen molar-refractivity contribution >= 4 is 33.6 Å². The molecule has 1 aromatic rings. The van der Waals surface area contributed by atoms with E-state index in [0.29, 0.717) is 12.0 Å². The van der Waals surface area contributed by atoms with Crippen molar-refractivity contribution in [1.82, 2.24) is 0 Å². The summed E-state index contributed by atoms with van der Waals surface area (Å²) in [6.07, 6.45) is 7.27. The Labute approximate surface area is 180 Å². The molecule has 0 aliphatic carbocycles. The normalized spacial score (nSPS) is 17.0. The van der Waals surface area contributed by atoms with Crippen LogP contribution in [0.15, 0.2) is 23.1 Å². The number of quaternary nitrogens is 1. The van der Waals surface area contributed by atoms with Crippen LogP contribution in [-0.4, -0.2) is 67.1 Å². The second-order valence-electron chi connectivity index (χ2n) is 8.10. The smallest absolute Gasteiger partial charge is 0.124 e. The Morgan fingerprint density at radius 1 is 1.00 bits per heavy atom. The number of hydrogen-bond acceptors (Lipinski definition) is 5. The summed E-state index contributed by atoms with van der Waals surface area (Å²) in [5, 5.41) is 0. The molecule has 0 spiro atoms. The van der Waals surface area contributed by atoms with E-state index in [1.165, 1.54) is 73.8 Å². The van der Waals surface area contributed by atoms with Crippen LogP contribution >= 0.6 is 23.5 Å². The largest absolute Gasteiger partial charge is 0.744 e. The van der Waals surface area contributed by atoms with Crippen molar-refractivity contribution < 1.29 is 17.5 Å². The van der Waals surface area contributed by atoms with Crippen LogP contribution in [0, 0.1) is 6.92 Å². The second-order valence-corrected chi connectivity index (χ2v) is 11.9. The number of piperidine rings is 1. The molecular weight excluding hydrogens is 410 g/mol. The average molecular weight is 446 g/mol. The lowest BCUT2D eigenvalue weighted by Gasteiger charge is -2.37. The highest BCUT2D eigenvalue weighted by molar-refractivity contribution is 7.99. The SMILES string of the molecule is Cc1ccc(S(=O)(=O)[O-])c(CCSCCCCSCC[N+]2(C)CCCCC2)c1. The highest BCUT2D eigenvalue weighted by Crippen LogP contribution is 2.20. The standard InChI is InChI=1S/C21H35NO3S3/c1-19-8-9-21(28(23,24)25)20(18-19)10-16-26-14-6-7-15-27-17-13-22(2)11-4-3-5-12-22/h8-9,18H,3-7,10-17H2,1-2H3. The minimum atomic E-state index is -4.39. The molecule has 7 heteroatoms. The molecule has 4 nitrogen and oxygen atoms in total. The molecule has 28 heavy (non-hydrogen) atoms. The van der Waals surface area contributed by atoms with Gasteiger partial charge in [-0.2, -0.15) is 23.5 Å². The van der Waals surface area contributed by atoms with Crippen LogP contribution in [0.1, 0.15) is 43.2 Å². The predicted octanol–water partition coefficient (Wildman–Crippen LogP) is 4.32. The second kappa shape index (κ2) is 11.8. The maximum Gasteiger partial charge on any atom is 0.124 e. The van der Waals surface area contributed by atoms with Crippen LogP contribution in [0.25, 0.3) is 0 Å². The van der Waals surface area contributed by atoms with Gasteiger partial charge in [-0.25, -0.2) is 8.42 Å². The molecule has 0 aromatic heterocycles. The maximum absolute atomic E-state index is 11.4. The lowest BCUT2D eigenvalue weighted by Crippen LogP contribution is -2.49. The summed E-state index contributed by atoms with van der Waals surface area (Å²) in [5.41, 5.74) is 1.65. The highest BCUT2D eigenvalue weighted by Gasteiger charge is 2.23. The molecule has 0 amide bonds. The van der Waals surface area contributed by atoms with Gasteiger partial charge in [0.15, 0.2) is 0 Å². The molecule has 1 heterocycles. The van der Waals surface area contributed by atoms with Crippen LogP contribution < -0.4 is 0 Å². The van der Waals surface area contributed by atoms with E-state index in [9.17, 15) is 13.0 Å². The fourth-order valence-corrected chi connectivity index (χ4v) is 6.60. The van der Waals surface area contributed by atoms with E-state index < -0.39 is 10.1 Å². The average Bonchev–Trinajstić information content (AvgIpc) is 2.63. The molecule has 0 atom stereocenters. The summed E-state index contributed by atoms with van der Waals surface area (Å²) >= 11 is 3.94. The van der Waals surface area contributed by atoms with Crippen molar-refractivity contribution in [3.63, 3.8) is 0 Å². The van der Waals surface area contributed by atoms with Gasteiger partial charge in [-0.1, -0.05) is 17.7 Å². The lowest BCUT2D eigenvalue weighted by atomic mass is 10.1. The van der Waals surface area contributed by atoms with Crippen molar-refractivity contribution in [2.24, 2.45) is 0 Å². The Balaban J connectivity index is 1.54. The predicted molar refractivity (Wildman–Crippen MR) is 121 cm³/mol. The Kier molecular flexibility index (Phi) is 10.2. The minimum Gasteiger partial charge on any atom is -0.744 e. The highest BCUT2D eigenvalue weighted by atomic mass is 32.2. The number of benzene rings is 1. The number of thioether (sulfide) groups is 2. The number of rotatable bonds is 12. The zero-order chi connectivity index (χ0) is 20.5. The molecule has 0 saturated carbocycles. The van der Waals surface area contributed by atoms with E-state index >= 15 is 0 Å². The van der Waals surface area contributed by atoms with Crippen molar-refractivity contribution in [2.45, 2.75) is 50.3 Å². The summed E-state index contributed by atoms with van der Waals surface area (Å²) in [7, 11) is -1.98. The van der Waals surface area contributed by atoms with Gasteiger partial charge in [0.25, 0.3) is 0 Å². The van der Waals surface area contributed by atoms with Gasteiger partial charge in [-0.15, -0.1) is 0 Å². The van der Waals surface area contributed by atoms with Crippen molar-refractivity contribution in [3.05, 3.63) is 29.3 Å². The molecule has 0 unspecified atom stereocenters. The molecule has 2 rings (SSSR count). The van der Waals surface area contributed by atoms with Gasteiger partial charge in [-0.05, 0) is 74.3 Å². The van der Waals surface area contributed by atoms with Crippen LogP contribution in [0.4, 0.5) is 0 Å². The van der Waals surface area contributed by atoms with Crippen LogP contribution in [0.3, 0.4) is 0 Å². The van der Waals surface area contributed by atoms with E-state index in [2.05, 4.69) is 18.8 Å². The summed E-state index contributed by atoms with van der Waals surface area (Å²) in [6.45, 7) is 5.94. The molecule has 160 valence electrons. The number of nitrogens with zero attached hydrogens (tertiary/aromatic N) is 1. The van der Waals surface area contributed by atoms with Crippen LogP contribution in [0.2, 0.25) is 0 Å². The quantitative estimate of drug-likeness (QED) is 0.272. The number of likely N-dealkylation sites (tertiary alicyclic amines) is 1. The lowest BCUT2D eigenvalue weighted by molar-refractivity contribution is -0.911. The fraction of sp³-hybridized carbons (Fsp3) is 0.714. The van der Waals surface area contributed by atoms with Crippen molar-refractivity contribution in [1.29, 1.82) is 0 Å². The monoisotopic (exact) mass is 445 g/mol. The van der Waals surface area contributed by atoms with Gasteiger partial charge >= 0.3 is 0 Å². The van der Waals surface area contributed by atoms with Gasteiger partial charge < -0.3 is 9.04 Å². The third kappa shape index (κ3) is 8.66. The first kappa shape index (κ1) is 24.1.